The van der Waals surface area contributed by atoms with Crippen molar-refractivity contribution in [2.75, 3.05) is 0 Å². The van der Waals surface area contributed by atoms with Crippen molar-refractivity contribution in [3.05, 3.63) is 0 Å². The Balaban J connectivity index is 4.80. The molecule has 0 rings (SSSR count). The Morgan fingerprint density at radius 1 is 1.40 bits per heavy atom. The predicted octanol–water partition coefficient (Wildman–Crippen LogP) is 0.607. The van der Waals surface area contributed by atoms with Crippen LogP contribution in [0.5, 0.6) is 0 Å². The van der Waals surface area contributed by atoms with Gasteiger partial charge in [-0.15, -0.1) is 9.42 Å². The van der Waals surface area contributed by atoms with Crippen LogP contribution in [-0.4, -0.2) is 32.6 Å². The molecule has 0 bridgehead atoms. The number of carboxylic acid groups (broad SMARTS) is 2. The molecule has 3 N–H and O–H groups in total. The van der Waals surface area contributed by atoms with Gasteiger partial charge in [-0.05, 0) is 13.8 Å². The lowest BCUT2D eigenvalue weighted by Crippen LogP contribution is -2.39. The topological polar surface area (TPSA) is 121 Å². The summed E-state index contributed by atoms with van der Waals surface area (Å²) in [5, 5.41) is 17.2. The van der Waals surface area contributed by atoms with Gasteiger partial charge in [-0.3, -0.25) is 9.59 Å². The van der Waals surface area contributed by atoms with Crippen molar-refractivity contribution >= 4 is 20.2 Å². The largest absolute Gasteiger partial charge is 0.695 e. The Labute approximate surface area is 86.6 Å². The van der Waals surface area contributed by atoms with Crippen molar-refractivity contribution in [3.8, 4) is 0 Å². The summed E-state index contributed by atoms with van der Waals surface area (Å²) in [6, 6.07) is 0. The molecule has 0 aliphatic carbocycles. The van der Waals surface area contributed by atoms with E-state index in [9.17, 15) is 14.2 Å². The first-order valence-electron chi connectivity index (χ1n) is 3.96. The van der Waals surface area contributed by atoms with Crippen LogP contribution in [0.15, 0.2) is 0 Å². The van der Waals surface area contributed by atoms with E-state index < -0.39 is 38.1 Å². The van der Waals surface area contributed by atoms with Gasteiger partial charge in [-0.1, -0.05) is 0 Å². The molecule has 0 aromatic heterocycles. The number of aliphatic carboxylic acids is 2. The van der Waals surface area contributed by atoms with Crippen molar-refractivity contribution in [3.63, 3.8) is 0 Å². The summed E-state index contributed by atoms with van der Waals surface area (Å²) < 4.78 is 14.9. The lowest BCUT2D eigenvalue weighted by atomic mass is 9.88. The number of hydrogen-bond donors (Lipinski definition) is 3. The third kappa shape index (κ3) is 4.83. The van der Waals surface area contributed by atoms with Crippen molar-refractivity contribution < 1.29 is 33.8 Å². The quantitative estimate of drug-likeness (QED) is 0.580. The highest BCUT2D eigenvalue weighted by Crippen LogP contribution is 2.33. The van der Waals surface area contributed by atoms with E-state index in [0.29, 0.717) is 0 Å². The van der Waals surface area contributed by atoms with Gasteiger partial charge in [-0.2, -0.15) is 0 Å². The van der Waals surface area contributed by atoms with E-state index in [1.165, 1.54) is 13.8 Å². The van der Waals surface area contributed by atoms with E-state index in [0.717, 1.165) is 0 Å². The summed E-state index contributed by atoms with van der Waals surface area (Å²) in [7, 11) is -2.98. The van der Waals surface area contributed by atoms with E-state index in [-0.39, 0.29) is 0 Å². The van der Waals surface area contributed by atoms with Gasteiger partial charge < -0.3 is 10.2 Å². The highest BCUT2D eigenvalue weighted by atomic mass is 31.1. The molecule has 2 unspecified atom stereocenters. The van der Waals surface area contributed by atoms with Gasteiger partial charge in [0.25, 0.3) is 0 Å². The molecule has 0 spiro atoms. The Morgan fingerprint density at radius 3 is 2.13 bits per heavy atom. The molecule has 86 valence electrons. The van der Waals surface area contributed by atoms with Crippen LogP contribution >= 0.6 is 8.25 Å². The molecule has 0 fully saturated rings. The molecular weight excluding hydrogens is 227 g/mol. The molecule has 0 amide bonds. The zero-order chi connectivity index (χ0) is 12.2. The molecule has 0 aliphatic rings. The van der Waals surface area contributed by atoms with E-state index in [1.807, 2.05) is 0 Å². The molecule has 0 heterocycles. The Bertz CT molecular complexity index is 285. The van der Waals surface area contributed by atoms with E-state index in [2.05, 4.69) is 4.52 Å². The molecule has 0 saturated heterocycles. The second kappa shape index (κ2) is 5.16. The maximum Gasteiger partial charge on any atom is 0.695 e. The second-order valence-electron chi connectivity index (χ2n) is 3.42. The first kappa shape index (κ1) is 14.0. The first-order chi connectivity index (χ1) is 6.66. The minimum atomic E-state index is -2.98. The molecule has 0 aromatic carbocycles. The summed E-state index contributed by atoms with van der Waals surface area (Å²) in [4.78, 5) is 29.6. The minimum absolute atomic E-state index is 0.675. The number of carbonyl (C=O) groups is 2. The first-order valence-corrected chi connectivity index (χ1v) is 5.09. The number of rotatable bonds is 6. The van der Waals surface area contributed by atoms with Gasteiger partial charge in [0.1, 0.15) is 11.5 Å². The third-order valence-corrected chi connectivity index (χ3v) is 2.46. The van der Waals surface area contributed by atoms with Crippen LogP contribution in [0, 0.1) is 5.92 Å². The lowest BCUT2D eigenvalue weighted by molar-refractivity contribution is -0.155. The van der Waals surface area contributed by atoms with E-state index in [4.69, 9.17) is 15.1 Å². The zero-order valence-corrected chi connectivity index (χ0v) is 9.10. The average Bonchev–Trinajstić information content (AvgIpc) is 1.96. The molecule has 7 nitrogen and oxygen atoms in total. The molecule has 0 saturated carbocycles. The molecule has 0 aliphatic heterocycles. The lowest BCUT2D eigenvalue weighted by Gasteiger charge is -2.23. The fourth-order valence-electron chi connectivity index (χ4n) is 1.07. The standard InChI is InChI=1S/C7H11O7P/c1-7(2,14-15(12)13)4(6(10)11)3-5(8)9/h4H,3H2,1-2H3,(H2-,8,9,10,11,12,13)/p+1. The van der Waals surface area contributed by atoms with Crippen LogP contribution in [0.4, 0.5) is 0 Å². The molecule has 8 heteroatoms. The van der Waals surface area contributed by atoms with Crippen molar-refractivity contribution in [1.29, 1.82) is 0 Å². The molecule has 0 aromatic rings. The molecule has 2 atom stereocenters. The van der Waals surface area contributed by atoms with Crippen LogP contribution < -0.4 is 0 Å². The highest BCUT2D eigenvalue weighted by molar-refractivity contribution is 7.32. The number of hydrogen-bond acceptors (Lipinski definition) is 4. The fraction of sp³-hybridized carbons (Fsp3) is 0.714. The second-order valence-corrected chi connectivity index (χ2v) is 4.08. The van der Waals surface area contributed by atoms with Crippen molar-refractivity contribution in [2.24, 2.45) is 5.92 Å². The van der Waals surface area contributed by atoms with Crippen LogP contribution in [-0.2, 0) is 18.7 Å². The average molecular weight is 239 g/mol. The van der Waals surface area contributed by atoms with Gasteiger partial charge in [0, 0.05) is 4.57 Å². The highest BCUT2D eigenvalue weighted by Gasteiger charge is 2.44. The van der Waals surface area contributed by atoms with Crippen LogP contribution in [0.2, 0.25) is 0 Å². The van der Waals surface area contributed by atoms with Gasteiger partial charge in [-0.25, -0.2) is 0 Å². The van der Waals surface area contributed by atoms with Crippen LogP contribution in [0.1, 0.15) is 20.3 Å². The minimum Gasteiger partial charge on any atom is -0.481 e. The Kier molecular flexibility index (Phi) is 4.80. The van der Waals surface area contributed by atoms with Gasteiger partial charge in [0.05, 0.1) is 6.42 Å². The van der Waals surface area contributed by atoms with Crippen molar-refractivity contribution in [2.45, 2.75) is 25.9 Å². The normalized spacial score (nSPS) is 14.5. The number of carboxylic acids is 2. The Morgan fingerprint density at radius 2 is 1.87 bits per heavy atom. The van der Waals surface area contributed by atoms with Crippen LogP contribution in [0.25, 0.3) is 0 Å². The summed E-state index contributed by atoms with van der Waals surface area (Å²) in [6.45, 7) is 2.50. The maximum atomic E-state index is 10.7. The van der Waals surface area contributed by atoms with Gasteiger partial charge >= 0.3 is 20.2 Å². The summed E-state index contributed by atoms with van der Waals surface area (Å²) >= 11 is 0. The molecule has 15 heavy (non-hydrogen) atoms. The summed E-state index contributed by atoms with van der Waals surface area (Å²) in [5.41, 5.74) is -1.52. The monoisotopic (exact) mass is 239 g/mol. The van der Waals surface area contributed by atoms with E-state index >= 15 is 0 Å². The van der Waals surface area contributed by atoms with Crippen LogP contribution in [0.3, 0.4) is 0 Å². The SMILES string of the molecule is CC(C)(O[P+](=O)O)C(CC(=O)O)C(=O)O. The predicted molar refractivity (Wildman–Crippen MR) is 48.4 cm³/mol. The fourth-order valence-corrected chi connectivity index (χ4v) is 1.60. The van der Waals surface area contributed by atoms with Crippen molar-refractivity contribution in [1.82, 2.24) is 0 Å². The molecule has 0 radical (unpaired) electrons. The summed E-state index contributed by atoms with van der Waals surface area (Å²) in [5.74, 6) is -4.09. The summed E-state index contributed by atoms with van der Waals surface area (Å²) in [6.07, 6.45) is -0.675. The smallest absolute Gasteiger partial charge is 0.481 e. The maximum absolute atomic E-state index is 10.7. The zero-order valence-electron chi connectivity index (χ0n) is 8.21. The third-order valence-electron chi connectivity index (χ3n) is 1.83. The van der Waals surface area contributed by atoms with Gasteiger partial charge in [0.2, 0.25) is 0 Å². The van der Waals surface area contributed by atoms with Gasteiger partial charge in [0.15, 0.2) is 0 Å². The Hall–Kier alpha value is -1.04. The van der Waals surface area contributed by atoms with E-state index in [1.54, 1.807) is 0 Å². The molecular formula is C7H12O7P+.